The summed E-state index contributed by atoms with van der Waals surface area (Å²) in [7, 11) is 1.30. The Balaban J connectivity index is 0.920. The van der Waals surface area contributed by atoms with E-state index in [0.717, 1.165) is 6.33 Å². The standard InChI is InChI=1S/C31H39N15O15P2S2/c1-54-21-20(10(2-47)57-30(21)46-9-41-15-26(46)42-31(34)43-27(15)51)61-63(53,65)56-4-12-19(18(50)29(59-12)45-8-40-14-23(33)36-6-38-25(14)45)60-62(52,64)55-3-11-16(48)17(49)28(58-11)44-7-39-13-22(32)35-5-37-24(13)44/h5-12,16-21,28-30,47-50H,2-4H2,1H3,(H,52,64)(H,53,65)(H2,32,35,37)(H2,33,36,38)(H3,34,42,43,51)/t10-,11-,12-,16-,17-,18-,19-,20-,21-,28-,29-,30-,62?,63?/m1/s1. The summed E-state index contributed by atoms with van der Waals surface area (Å²) in [6.07, 6.45) is -10.5. The molecule has 34 heteroatoms. The van der Waals surface area contributed by atoms with E-state index in [1.165, 1.54) is 46.1 Å². The number of nitrogen functional groups attached to an aromatic ring is 3. The van der Waals surface area contributed by atoms with E-state index in [4.69, 9.17) is 66.1 Å². The number of thiol groups is 1. The van der Waals surface area contributed by atoms with Crippen molar-refractivity contribution in [2.75, 3.05) is 44.1 Å². The van der Waals surface area contributed by atoms with Crippen LogP contribution in [-0.2, 0) is 53.4 Å². The van der Waals surface area contributed by atoms with Gasteiger partial charge in [0.15, 0.2) is 52.8 Å². The van der Waals surface area contributed by atoms with Crippen LogP contribution in [0.2, 0.25) is 0 Å². The van der Waals surface area contributed by atoms with Crippen LogP contribution in [0, 0.1) is 0 Å². The van der Waals surface area contributed by atoms with Crippen LogP contribution >= 0.6 is 25.8 Å². The molecule has 0 bridgehead atoms. The van der Waals surface area contributed by atoms with Crippen LogP contribution in [0.5, 0.6) is 0 Å². The van der Waals surface area contributed by atoms with Crippen LogP contribution < -0.4 is 22.8 Å². The average Bonchev–Trinajstić information content (AvgIpc) is 4.12. The van der Waals surface area contributed by atoms with Gasteiger partial charge in [-0.3, -0.25) is 37.1 Å². The largest absolute Gasteiger partial charge is 0.394 e. The SMILES string of the molecule is CO[C@@H]1[C@H](OP(O)(=S)OC[C@H]2O[C@@H](n3cnc4c(N)ncnc43)[C@H](O)[C@@H]2OP(=O)(S)OC[C@H]2O[C@@H](n3cnc4c(N)ncnc43)[C@H](O)[C@@H]2O)[C@@H](CO)O[C@H]1n1cnc2c(=O)[nH]c(N)nc21. The van der Waals surface area contributed by atoms with Crippen LogP contribution in [-0.4, -0.2) is 166 Å². The Kier molecular flexibility index (Phi) is 12.4. The third kappa shape index (κ3) is 8.48. The highest BCUT2D eigenvalue weighted by atomic mass is 32.7. The molecule has 2 unspecified atom stereocenters. The van der Waals surface area contributed by atoms with Crippen molar-refractivity contribution in [2.45, 2.75) is 73.6 Å². The Bertz CT molecular complexity index is 2890. The topological polar surface area (TPSA) is 421 Å². The summed E-state index contributed by atoms with van der Waals surface area (Å²) in [5.41, 5.74) is 17.7. The van der Waals surface area contributed by atoms with Gasteiger partial charge in [-0.25, -0.2) is 39.5 Å². The Morgan fingerprint density at radius 3 is 1.91 bits per heavy atom. The predicted molar refractivity (Wildman–Crippen MR) is 224 cm³/mol. The molecule has 30 nitrogen and oxygen atoms in total. The molecule has 0 aliphatic carbocycles. The van der Waals surface area contributed by atoms with Crippen LogP contribution in [0.1, 0.15) is 18.7 Å². The first-order valence-corrected chi connectivity index (χ1v) is 24.3. The molecule has 0 aromatic carbocycles. The van der Waals surface area contributed by atoms with E-state index in [9.17, 15) is 34.7 Å². The number of anilines is 3. The molecule has 350 valence electrons. The van der Waals surface area contributed by atoms with Crippen LogP contribution in [0.4, 0.5) is 17.6 Å². The number of nitrogens with one attached hydrogen (secondary N) is 1. The number of aromatic nitrogens is 12. The molecule has 3 fully saturated rings. The van der Waals surface area contributed by atoms with Gasteiger partial charge in [0.25, 0.3) is 5.56 Å². The molecule has 0 radical (unpaired) electrons. The monoisotopic (exact) mass is 987 g/mol. The van der Waals surface area contributed by atoms with E-state index in [2.05, 4.69) is 57.1 Å². The summed E-state index contributed by atoms with van der Waals surface area (Å²) in [5.74, 6) is -0.115. The fraction of sp³-hybridized carbons (Fsp3) is 0.516. The van der Waals surface area contributed by atoms with Crippen molar-refractivity contribution in [1.82, 2.24) is 58.6 Å². The zero-order valence-electron chi connectivity index (χ0n) is 33.2. The number of nitrogens with zero attached hydrogens (tertiary/aromatic N) is 11. The summed E-state index contributed by atoms with van der Waals surface area (Å²) in [5, 5.41) is 43.8. The average molecular weight is 988 g/mol. The number of H-pyrrole nitrogens is 1. The lowest BCUT2D eigenvalue weighted by atomic mass is 10.1. The van der Waals surface area contributed by atoms with E-state index < -0.39 is 113 Å². The van der Waals surface area contributed by atoms with Crippen LogP contribution in [0.15, 0.2) is 36.4 Å². The van der Waals surface area contributed by atoms with E-state index in [1.54, 1.807) is 0 Å². The number of ether oxygens (including phenoxy) is 4. The molecule has 0 amide bonds. The van der Waals surface area contributed by atoms with Gasteiger partial charge in [-0.2, -0.15) is 4.98 Å². The normalized spacial score (nSPS) is 31.3. The molecule has 12 N–H and O–H groups in total. The second kappa shape index (κ2) is 17.7. The van der Waals surface area contributed by atoms with Crippen molar-refractivity contribution in [3.8, 4) is 0 Å². The van der Waals surface area contributed by atoms with Gasteiger partial charge in [0.1, 0.15) is 78.6 Å². The smallest absolute Gasteiger partial charge is 0.386 e. The molecule has 6 aromatic rings. The molecule has 9 heterocycles. The molecule has 65 heavy (non-hydrogen) atoms. The third-order valence-electron chi connectivity index (χ3n) is 10.7. The van der Waals surface area contributed by atoms with Gasteiger partial charge < -0.3 is 66.0 Å². The number of nitrogens with two attached hydrogens (primary N) is 3. The molecule has 3 aliphatic rings. The van der Waals surface area contributed by atoms with Crippen molar-refractivity contribution in [3.05, 3.63) is 42.0 Å². The summed E-state index contributed by atoms with van der Waals surface area (Å²) in [6.45, 7) is -11.0. The molecule has 9 rings (SSSR count). The lowest BCUT2D eigenvalue weighted by molar-refractivity contribution is -0.0583. The quantitative estimate of drug-likeness (QED) is 0.0372. The number of hydrogen-bond donors (Lipinski definition) is 10. The van der Waals surface area contributed by atoms with Gasteiger partial charge in [0.05, 0.1) is 38.8 Å². The molecule has 3 aliphatic heterocycles. The zero-order valence-corrected chi connectivity index (χ0v) is 36.7. The van der Waals surface area contributed by atoms with Gasteiger partial charge in [0.2, 0.25) is 5.95 Å². The maximum absolute atomic E-state index is 13.9. The first-order valence-electron chi connectivity index (χ1n) is 19.0. The number of hydrogen-bond acceptors (Lipinski definition) is 26. The van der Waals surface area contributed by atoms with Crippen molar-refractivity contribution in [3.63, 3.8) is 0 Å². The molecular weight excluding hydrogens is 949 g/mol. The third-order valence-corrected chi connectivity index (χ3v) is 13.9. The van der Waals surface area contributed by atoms with E-state index >= 15 is 0 Å². The molecule has 3 saturated heterocycles. The molecule has 0 saturated carbocycles. The minimum absolute atomic E-state index is 0.0200. The second-order valence-electron chi connectivity index (χ2n) is 14.7. The molecular formula is C31H39N15O15P2S2. The molecule has 0 spiro atoms. The fourth-order valence-electron chi connectivity index (χ4n) is 7.71. The Morgan fingerprint density at radius 1 is 0.738 bits per heavy atom. The number of methoxy groups -OCH3 is 1. The van der Waals surface area contributed by atoms with Crippen molar-refractivity contribution in [2.24, 2.45) is 0 Å². The summed E-state index contributed by atoms with van der Waals surface area (Å²) < 4.78 is 64.5. The highest BCUT2D eigenvalue weighted by Gasteiger charge is 2.52. The Labute approximate surface area is 372 Å². The highest BCUT2D eigenvalue weighted by molar-refractivity contribution is 8.44. The van der Waals surface area contributed by atoms with Crippen molar-refractivity contribution >= 4 is 88.6 Å². The second-order valence-corrected chi connectivity index (χ2v) is 20.3. The zero-order chi connectivity index (χ0) is 46.1. The van der Waals surface area contributed by atoms with Crippen molar-refractivity contribution < 1.29 is 66.9 Å². The van der Waals surface area contributed by atoms with E-state index in [0.29, 0.717) is 0 Å². The maximum atomic E-state index is 13.9. The minimum atomic E-state index is -4.58. The van der Waals surface area contributed by atoms with Crippen LogP contribution in [0.25, 0.3) is 33.5 Å². The summed E-state index contributed by atoms with van der Waals surface area (Å²) in [4.78, 5) is 58.9. The number of aliphatic hydroxyl groups is 4. The maximum Gasteiger partial charge on any atom is 0.386 e. The fourth-order valence-corrected chi connectivity index (χ4v) is 10.6. The number of imidazole rings is 3. The first kappa shape index (κ1) is 45.7. The molecule has 6 aromatic heterocycles. The molecule has 14 atom stereocenters. The lowest BCUT2D eigenvalue weighted by Gasteiger charge is -2.28. The Hall–Kier alpha value is -4.44. The summed E-state index contributed by atoms with van der Waals surface area (Å²) >= 11 is 9.51. The first-order chi connectivity index (χ1) is 31.0. The van der Waals surface area contributed by atoms with Crippen molar-refractivity contribution in [1.29, 1.82) is 0 Å². The van der Waals surface area contributed by atoms with Crippen LogP contribution in [0.3, 0.4) is 0 Å². The van der Waals surface area contributed by atoms with Gasteiger partial charge in [-0.1, -0.05) is 12.2 Å². The van der Waals surface area contributed by atoms with Gasteiger partial charge in [-0.05, 0) is 11.8 Å². The van der Waals surface area contributed by atoms with Gasteiger partial charge in [-0.15, -0.1) is 0 Å². The number of aliphatic hydroxyl groups excluding tert-OH is 4. The predicted octanol–water partition coefficient (Wildman–Crippen LogP) is -2.61. The Morgan fingerprint density at radius 2 is 1.29 bits per heavy atom. The number of aromatic amines is 1. The lowest BCUT2D eigenvalue weighted by Crippen LogP contribution is -2.38. The van der Waals surface area contributed by atoms with E-state index in [1.807, 2.05) is 0 Å². The number of rotatable bonds is 15. The van der Waals surface area contributed by atoms with E-state index in [-0.39, 0.29) is 51.1 Å². The summed E-state index contributed by atoms with van der Waals surface area (Å²) in [6, 6.07) is 0. The van der Waals surface area contributed by atoms with Gasteiger partial charge in [0, 0.05) is 7.11 Å². The number of fused-ring (bicyclic) bond motifs is 3. The van der Waals surface area contributed by atoms with Gasteiger partial charge >= 0.3 is 13.5 Å². The minimum Gasteiger partial charge on any atom is -0.394 e. The highest BCUT2D eigenvalue weighted by Crippen LogP contribution is 2.57.